The van der Waals surface area contributed by atoms with Gasteiger partial charge in [0.05, 0.1) is 4.88 Å². The van der Waals surface area contributed by atoms with Crippen LogP contribution in [0.3, 0.4) is 0 Å². The van der Waals surface area contributed by atoms with E-state index in [0.29, 0.717) is 5.84 Å². The van der Waals surface area contributed by atoms with Gasteiger partial charge < -0.3 is 5.32 Å². The maximum Gasteiger partial charge on any atom is 0.140 e. The zero-order chi connectivity index (χ0) is 14.5. The van der Waals surface area contributed by atoms with E-state index in [1.165, 1.54) is 37.9 Å². The van der Waals surface area contributed by atoms with Crippen molar-refractivity contribution < 1.29 is 0 Å². The second-order valence-electron chi connectivity index (χ2n) is 5.51. The van der Waals surface area contributed by atoms with Crippen molar-refractivity contribution >= 4 is 22.9 Å². The summed E-state index contributed by atoms with van der Waals surface area (Å²) in [4.78, 5) is 3.49. The third-order valence-corrected chi connectivity index (χ3v) is 4.73. The van der Waals surface area contributed by atoms with Crippen LogP contribution in [0.15, 0.2) is 41.8 Å². The highest BCUT2D eigenvalue weighted by Crippen LogP contribution is 2.17. The van der Waals surface area contributed by atoms with Gasteiger partial charge in [-0.3, -0.25) is 10.3 Å². The summed E-state index contributed by atoms with van der Waals surface area (Å²) < 4.78 is 0. The van der Waals surface area contributed by atoms with Crippen molar-refractivity contribution in [2.45, 2.75) is 25.8 Å². The molecule has 0 saturated carbocycles. The van der Waals surface area contributed by atoms with E-state index in [2.05, 4.69) is 34.5 Å². The molecule has 1 saturated heterocycles. The van der Waals surface area contributed by atoms with Gasteiger partial charge >= 0.3 is 0 Å². The van der Waals surface area contributed by atoms with Crippen LogP contribution in [0.5, 0.6) is 0 Å². The van der Waals surface area contributed by atoms with Gasteiger partial charge in [-0.15, -0.1) is 11.3 Å². The van der Waals surface area contributed by atoms with Gasteiger partial charge in [-0.05, 0) is 55.1 Å². The molecule has 0 radical (unpaired) electrons. The van der Waals surface area contributed by atoms with Crippen LogP contribution < -0.4 is 5.32 Å². The van der Waals surface area contributed by atoms with Gasteiger partial charge in [0.1, 0.15) is 5.84 Å². The summed E-state index contributed by atoms with van der Waals surface area (Å²) in [6, 6.07) is 12.4. The molecule has 3 rings (SSSR count). The van der Waals surface area contributed by atoms with Crippen molar-refractivity contribution in [3.8, 4) is 0 Å². The van der Waals surface area contributed by atoms with E-state index in [9.17, 15) is 0 Å². The fraction of sp³-hybridized carbons (Fsp3) is 0.353. The highest BCUT2D eigenvalue weighted by atomic mass is 32.1. The lowest BCUT2D eigenvalue weighted by molar-refractivity contribution is 0.221. The molecule has 2 heterocycles. The molecule has 1 fully saturated rings. The molecule has 0 spiro atoms. The Bertz CT molecular complexity index is 569. The lowest BCUT2D eigenvalue weighted by Gasteiger charge is -2.26. The number of hydrogen-bond acceptors (Lipinski definition) is 3. The Balaban J connectivity index is 1.57. The quantitative estimate of drug-likeness (QED) is 0.657. The molecular weight excluding hydrogens is 278 g/mol. The predicted molar refractivity (Wildman–Crippen MR) is 90.3 cm³/mol. The summed E-state index contributed by atoms with van der Waals surface area (Å²) in [5, 5.41) is 13.2. The Labute approximate surface area is 130 Å². The summed E-state index contributed by atoms with van der Waals surface area (Å²) >= 11 is 1.58. The van der Waals surface area contributed by atoms with Gasteiger partial charge in [0, 0.05) is 12.2 Å². The molecule has 0 aliphatic carbocycles. The first-order valence-electron chi connectivity index (χ1n) is 7.52. The van der Waals surface area contributed by atoms with Crippen LogP contribution in [0.4, 0.5) is 5.69 Å². The molecule has 1 aromatic carbocycles. The first kappa shape index (κ1) is 14.3. The van der Waals surface area contributed by atoms with E-state index in [4.69, 9.17) is 5.41 Å². The van der Waals surface area contributed by atoms with Crippen LogP contribution in [0.2, 0.25) is 0 Å². The number of nitrogens with one attached hydrogen (secondary N) is 2. The van der Waals surface area contributed by atoms with Gasteiger partial charge in [0.25, 0.3) is 0 Å². The Morgan fingerprint density at radius 3 is 2.52 bits per heavy atom. The molecule has 1 aliphatic heterocycles. The summed E-state index contributed by atoms with van der Waals surface area (Å²) in [6.45, 7) is 3.49. The molecular formula is C17H21N3S. The Kier molecular flexibility index (Phi) is 4.68. The van der Waals surface area contributed by atoms with E-state index < -0.39 is 0 Å². The van der Waals surface area contributed by atoms with Crippen LogP contribution in [-0.4, -0.2) is 23.8 Å². The second kappa shape index (κ2) is 6.87. The third-order valence-electron chi connectivity index (χ3n) is 3.85. The molecule has 1 aliphatic rings. The molecule has 1 aromatic heterocycles. The van der Waals surface area contributed by atoms with Crippen LogP contribution in [0, 0.1) is 5.41 Å². The summed E-state index contributed by atoms with van der Waals surface area (Å²) in [5.41, 5.74) is 2.33. The first-order valence-corrected chi connectivity index (χ1v) is 8.40. The average molecular weight is 299 g/mol. The van der Waals surface area contributed by atoms with Crippen molar-refractivity contribution in [2.75, 3.05) is 18.4 Å². The Hall–Kier alpha value is -1.65. The minimum Gasteiger partial charge on any atom is -0.340 e. The monoisotopic (exact) mass is 299 g/mol. The Morgan fingerprint density at radius 2 is 1.86 bits per heavy atom. The fourth-order valence-corrected chi connectivity index (χ4v) is 3.33. The zero-order valence-corrected chi connectivity index (χ0v) is 13.0. The maximum absolute atomic E-state index is 8.03. The van der Waals surface area contributed by atoms with E-state index in [-0.39, 0.29) is 0 Å². The highest BCUT2D eigenvalue weighted by molar-refractivity contribution is 7.12. The van der Waals surface area contributed by atoms with E-state index >= 15 is 0 Å². The summed E-state index contributed by atoms with van der Waals surface area (Å²) in [5.74, 6) is 0.466. The van der Waals surface area contributed by atoms with Crippen molar-refractivity contribution in [2.24, 2.45) is 0 Å². The van der Waals surface area contributed by atoms with Gasteiger partial charge in [0.15, 0.2) is 0 Å². The average Bonchev–Trinajstić information content (AvgIpc) is 3.05. The van der Waals surface area contributed by atoms with Crippen LogP contribution in [-0.2, 0) is 6.54 Å². The standard InChI is InChI=1S/C17H21N3S/c18-17(16-5-4-12-21-16)19-15-8-6-14(7-9-15)13-20-10-2-1-3-11-20/h4-9,12H,1-3,10-11,13H2,(H2,18,19). The van der Waals surface area contributed by atoms with Crippen molar-refractivity contribution in [3.63, 3.8) is 0 Å². The fourth-order valence-electron chi connectivity index (χ4n) is 2.70. The lowest BCUT2D eigenvalue weighted by Crippen LogP contribution is -2.29. The Morgan fingerprint density at radius 1 is 1.10 bits per heavy atom. The predicted octanol–water partition coefficient (Wildman–Crippen LogP) is 4.17. The van der Waals surface area contributed by atoms with Gasteiger partial charge in [-0.25, -0.2) is 0 Å². The number of rotatable bonds is 4. The normalized spacial score (nSPS) is 15.8. The molecule has 0 bridgehead atoms. The highest BCUT2D eigenvalue weighted by Gasteiger charge is 2.10. The van der Waals surface area contributed by atoms with E-state index in [0.717, 1.165) is 17.1 Å². The van der Waals surface area contributed by atoms with E-state index in [1.807, 2.05) is 17.5 Å². The summed E-state index contributed by atoms with van der Waals surface area (Å²) in [7, 11) is 0. The topological polar surface area (TPSA) is 39.1 Å². The molecule has 0 atom stereocenters. The van der Waals surface area contributed by atoms with Crippen molar-refractivity contribution in [3.05, 3.63) is 52.2 Å². The number of amidine groups is 1. The molecule has 21 heavy (non-hydrogen) atoms. The number of piperidine rings is 1. The molecule has 2 aromatic rings. The minimum absolute atomic E-state index is 0.466. The van der Waals surface area contributed by atoms with Crippen LogP contribution in [0.1, 0.15) is 29.7 Å². The van der Waals surface area contributed by atoms with Crippen molar-refractivity contribution in [1.29, 1.82) is 5.41 Å². The number of benzene rings is 1. The van der Waals surface area contributed by atoms with Gasteiger partial charge in [-0.2, -0.15) is 0 Å². The maximum atomic E-state index is 8.03. The largest absolute Gasteiger partial charge is 0.340 e. The number of thiophene rings is 1. The molecule has 2 N–H and O–H groups in total. The smallest absolute Gasteiger partial charge is 0.140 e. The van der Waals surface area contributed by atoms with Crippen LogP contribution in [0.25, 0.3) is 0 Å². The number of nitrogens with zero attached hydrogens (tertiary/aromatic N) is 1. The van der Waals surface area contributed by atoms with Crippen molar-refractivity contribution in [1.82, 2.24) is 4.90 Å². The molecule has 0 unspecified atom stereocenters. The number of likely N-dealkylation sites (tertiary alicyclic amines) is 1. The zero-order valence-electron chi connectivity index (χ0n) is 12.1. The molecule has 3 nitrogen and oxygen atoms in total. The SMILES string of the molecule is N=C(Nc1ccc(CN2CCCCC2)cc1)c1cccs1. The first-order chi connectivity index (χ1) is 10.3. The lowest BCUT2D eigenvalue weighted by atomic mass is 10.1. The molecule has 110 valence electrons. The third kappa shape index (κ3) is 3.93. The number of anilines is 1. The number of hydrogen-bond donors (Lipinski definition) is 2. The van der Waals surface area contributed by atoms with Crippen LogP contribution >= 0.6 is 11.3 Å². The van der Waals surface area contributed by atoms with E-state index in [1.54, 1.807) is 11.3 Å². The second-order valence-corrected chi connectivity index (χ2v) is 6.46. The summed E-state index contributed by atoms with van der Waals surface area (Å²) in [6.07, 6.45) is 4.04. The minimum atomic E-state index is 0.466. The molecule has 4 heteroatoms. The molecule has 0 amide bonds. The van der Waals surface area contributed by atoms with Gasteiger partial charge in [0.2, 0.25) is 0 Å². The van der Waals surface area contributed by atoms with Gasteiger partial charge in [-0.1, -0.05) is 24.6 Å².